The Bertz CT molecular complexity index is 565. The molecule has 5 heteroatoms. The summed E-state index contributed by atoms with van der Waals surface area (Å²) in [6, 6.07) is 5.16. The maximum absolute atomic E-state index is 12.0. The van der Waals surface area contributed by atoms with E-state index in [9.17, 15) is 4.79 Å². The van der Waals surface area contributed by atoms with Crippen LogP contribution in [0.5, 0.6) is 0 Å². The van der Waals surface area contributed by atoms with Crippen molar-refractivity contribution in [2.24, 2.45) is 7.05 Å². The van der Waals surface area contributed by atoms with Crippen LogP contribution < -0.4 is 0 Å². The predicted octanol–water partition coefficient (Wildman–Crippen LogP) is 3.26. The minimum absolute atomic E-state index is 0.0431. The van der Waals surface area contributed by atoms with Gasteiger partial charge in [-0.1, -0.05) is 11.6 Å². The lowest BCUT2D eigenvalue weighted by Gasteiger charge is -2.02. The van der Waals surface area contributed by atoms with Crippen molar-refractivity contribution >= 4 is 33.3 Å². The molecule has 0 atom stereocenters. The fourth-order valence-electron chi connectivity index (χ4n) is 1.56. The highest BCUT2D eigenvalue weighted by Crippen LogP contribution is 2.22. The zero-order valence-corrected chi connectivity index (χ0v) is 11.5. The molecular formula is C12H10BrClN2O. The van der Waals surface area contributed by atoms with Gasteiger partial charge < -0.3 is 0 Å². The van der Waals surface area contributed by atoms with Gasteiger partial charge in [0.1, 0.15) is 0 Å². The highest BCUT2D eigenvalue weighted by molar-refractivity contribution is 9.10. The summed E-state index contributed by atoms with van der Waals surface area (Å²) >= 11 is 9.17. The summed E-state index contributed by atoms with van der Waals surface area (Å²) in [5.74, 6) is 0.0431. The van der Waals surface area contributed by atoms with Crippen molar-refractivity contribution in [3.8, 4) is 0 Å². The second-order valence-electron chi connectivity index (χ2n) is 3.75. The van der Waals surface area contributed by atoms with Gasteiger partial charge in [-0.2, -0.15) is 5.10 Å². The summed E-state index contributed by atoms with van der Waals surface area (Å²) < 4.78 is 2.40. The molecule has 2 aromatic rings. The summed E-state index contributed by atoms with van der Waals surface area (Å²) in [5.41, 5.74) is 1.54. The van der Waals surface area contributed by atoms with Crippen LogP contribution in [-0.2, 0) is 13.5 Å². The lowest BCUT2D eigenvalue weighted by molar-refractivity contribution is 0.0992. The Morgan fingerprint density at radius 3 is 2.88 bits per heavy atom. The first-order chi connectivity index (χ1) is 8.06. The van der Waals surface area contributed by atoms with Crippen molar-refractivity contribution in [3.05, 3.63) is 51.2 Å². The van der Waals surface area contributed by atoms with Gasteiger partial charge in [-0.25, -0.2) is 0 Å². The van der Waals surface area contributed by atoms with E-state index >= 15 is 0 Å². The first kappa shape index (κ1) is 12.3. The number of hydrogen-bond acceptors (Lipinski definition) is 2. The number of hydrogen-bond donors (Lipinski definition) is 0. The van der Waals surface area contributed by atoms with Crippen molar-refractivity contribution in [2.45, 2.75) is 6.42 Å². The van der Waals surface area contributed by atoms with Gasteiger partial charge in [-0.15, -0.1) is 0 Å². The number of Topliss-reactive ketones (excluding diaryl/α,β-unsaturated/α-hetero) is 1. The molecule has 0 N–H and O–H groups in total. The Balaban J connectivity index is 2.20. The molecule has 0 spiro atoms. The van der Waals surface area contributed by atoms with E-state index in [-0.39, 0.29) is 5.78 Å². The van der Waals surface area contributed by atoms with Gasteiger partial charge in [0.25, 0.3) is 0 Å². The van der Waals surface area contributed by atoms with Crippen LogP contribution in [0.4, 0.5) is 0 Å². The van der Waals surface area contributed by atoms with Gasteiger partial charge in [0, 0.05) is 34.7 Å². The van der Waals surface area contributed by atoms with E-state index in [0.717, 1.165) is 10.0 Å². The van der Waals surface area contributed by atoms with Crippen LogP contribution in [0.15, 0.2) is 35.1 Å². The highest BCUT2D eigenvalue weighted by Gasteiger charge is 2.12. The molecule has 0 fully saturated rings. The molecule has 2 rings (SSSR count). The number of rotatable bonds is 3. The molecule has 0 amide bonds. The SMILES string of the molecule is Cn1cc(CC(=O)c2ccc(Cl)cc2Br)cn1. The van der Waals surface area contributed by atoms with Crippen molar-refractivity contribution in [1.82, 2.24) is 9.78 Å². The number of carbonyl (C=O) groups excluding carboxylic acids is 1. The van der Waals surface area contributed by atoms with E-state index in [0.29, 0.717) is 17.0 Å². The molecule has 17 heavy (non-hydrogen) atoms. The average Bonchev–Trinajstić information content (AvgIpc) is 2.63. The minimum atomic E-state index is 0.0431. The van der Waals surface area contributed by atoms with Crippen molar-refractivity contribution in [3.63, 3.8) is 0 Å². The van der Waals surface area contributed by atoms with Gasteiger partial charge in [0.05, 0.1) is 6.20 Å². The molecule has 1 aromatic carbocycles. The number of nitrogens with zero attached hydrogens (tertiary/aromatic N) is 2. The van der Waals surface area contributed by atoms with Crippen LogP contribution in [-0.4, -0.2) is 15.6 Å². The van der Waals surface area contributed by atoms with Crippen molar-refractivity contribution in [2.75, 3.05) is 0 Å². The van der Waals surface area contributed by atoms with Gasteiger partial charge in [0.2, 0.25) is 0 Å². The van der Waals surface area contributed by atoms with E-state index in [2.05, 4.69) is 21.0 Å². The lowest BCUT2D eigenvalue weighted by Crippen LogP contribution is -2.03. The topological polar surface area (TPSA) is 34.9 Å². The van der Waals surface area contributed by atoms with Crippen molar-refractivity contribution in [1.29, 1.82) is 0 Å². The van der Waals surface area contributed by atoms with E-state index in [1.165, 1.54) is 0 Å². The molecule has 0 aliphatic heterocycles. The Labute approximate surface area is 113 Å². The van der Waals surface area contributed by atoms with Gasteiger partial charge in [0.15, 0.2) is 5.78 Å². The second-order valence-corrected chi connectivity index (χ2v) is 5.04. The third-order valence-corrected chi connectivity index (χ3v) is 3.25. The summed E-state index contributed by atoms with van der Waals surface area (Å²) in [4.78, 5) is 12.0. The molecule has 0 radical (unpaired) electrons. The molecule has 0 bridgehead atoms. The molecule has 1 heterocycles. The number of aryl methyl sites for hydroxylation is 1. The maximum atomic E-state index is 12.0. The molecule has 0 aliphatic carbocycles. The van der Waals surface area contributed by atoms with Crippen LogP contribution >= 0.6 is 27.5 Å². The molecule has 88 valence electrons. The van der Waals surface area contributed by atoms with Gasteiger partial charge in [-0.3, -0.25) is 9.48 Å². The fraction of sp³-hybridized carbons (Fsp3) is 0.167. The lowest BCUT2D eigenvalue weighted by atomic mass is 10.1. The third kappa shape index (κ3) is 2.96. The third-order valence-electron chi connectivity index (χ3n) is 2.35. The Hall–Kier alpha value is -1.13. The number of carbonyl (C=O) groups is 1. The average molecular weight is 314 g/mol. The van der Waals surface area contributed by atoms with Crippen LogP contribution in [0.25, 0.3) is 0 Å². The monoisotopic (exact) mass is 312 g/mol. The summed E-state index contributed by atoms with van der Waals surface area (Å²) in [5, 5.41) is 4.64. The number of aromatic nitrogens is 2. The smallest absolute Gasteiger partial charge is 0.168 e. The quantitative estimate of drug-likeness (QED) is 0.815. The van der Waals surface area contributed by atoms with E-state index in [1.54, 1.807) is 29.1 Å². The number of halogens is 2. The van der Waals surface area contributed by atoms with E-state index in [4.69, 9.17) is 11.6 Å². The van der Waals surface area contributed by atoms with Crippen LogP contribution in [0.1, 0.15) is 15.9 Å². The van der Waals surface area contributed by atoms with Gasteiger partial charge >= 0.3 is 0 Å². The largest absolute Gasteiger partial charge is 0.294 e. The summed E-state index contributed by atoms with van der Waals surface area (Å²) in [6.45, 7) is 0. The fourth-order valence-corrected chi connectivity index (χ4v) is 2.46. The molecule has 0 unspecified atom stereocenters. The minimum Gasteiger partial charge on any atom is -0.294 e. The van der Waals surface area contributed by atoms with Crippen molar-refractivity contribution < 1.29 is 4.79 Å². The first-order valence-corrected chi connectivity index (χ1v) is 6.19. The zero-order chi connectivity index (χ0) is 12.4. The second kappa shape index (κ2) is 5.02. The highest BCUT2D eigenvalue weighted by atomic mass is 79.9. The standard InChI is InChI=1S/C12H10BrClN2O/c1-16-7-8(6-15-16)4-12(17)10-3-2-9(14)5-11(10)13/h2-3,5-7H,4H2,1H3. The molecule has 0 aliphatic rings. The van der Waals surface area contributed by atoms with E-state index in [1.807, 2.05) is 13.2 Å². The Morgan fingerprint density at radius 2 is 2.29 bits per heavy atom. The van der Waals surface area contributed by atoms with Gasteiger partial charge in [-0.05, 0) is 39.7 Å². The van der Waals surface area contributed by atoms with E-state index < -0.39 is 0 Å². The number of ketones is 1. The Morgan fingerprint density at radius 1 is 1.53 bits per heavy atom. The zero-order valence-electron chi connectivity index (χ0n) is 9.15. The molecule has 0 saturated carbocycles. The molecule has 0 saturated heterocycles. The molecule has 1 aromatic heterocycles. The number of benzene rings is 1. The Kier molecular flexibility index (Phi) is 3.64. The molecular weight excluding hydrogens is 304 g/mol. The van der Waals surface area contributed by atoms with Crippen LogP contribution in [0.3, 0.4) is 0 Å². The summed E-state index contributed by atoms with van der Waals surface area (Å²) in [6.07, 6.45) is 3.87. The normalized spacial score (nSPS) is 10.5. The predicted molar refractivity (Wildman–Crippen MR) is 70.4 cm³/mol. The first-order valence-electron chi connectivity index (χ1n) is 5.02. The van der Waals surface area contributed by atoms with Crippen LogP contribution in [0, 0.1) is 0 Å². The summed E-state index contributed by atoms with van der Waals surface area (Å²) in [7, 11) is 1.83. The van der Waals surface area contributed by atoms with Crippen LogP contribution in [0.2, 0.25) is 5.02 Å². The molecule has 3 nitrogen and oxygen atoms in total. The maximum Gasteiger partial charge on any atom is 0.168 e.